The van der Waals surface area contributed by atoms with Crippen molar-refractivity contribution in [3.63, 3.8) is 0 Å². The highest BCUT2D eigenvalue weighted by Gasteiger charge is 2.32. The van der Waals surface area contributed by atoms with Crippen molar-refractivity contribution in [1.29, 1.82) is 0 Å². The van der Waals surface area contributed by atoms with E-state index in [1.807, 2.05) is 13.8 Å². The van der Waals surface area contributed by atoms with Crippen LogP contribution >= 0.6 is 0 Å². The van der Waals surface area contributed by atoms with E-state index in [9.17, 15) is 27.6 Å². The van der Waals surface area contributed by atoms with Gasteiger partial charge in [-0.25, -0.2) is 0 Å². The maximum atomic E-state index is 12.5. The van der Waals surface area contributed by atoms with E-state index in [4.69, 9.17) is 0 Å². The first-order valence-corrected chi connectivity index (χ1v) is 9.30. The van der Waals surface area contributed by atoms with Crippen LogP contribution in [0, 0.1) is 5.41 Å². The maximum absolute atomic E-state index is 12.5. The van der Waals surface area contributed by atoms with Crippen molar-refractivity contribution in [2.75, 3.05) is 6.61 Å². The van der Waals surface area contributed by atoms with Crippen LogP contribution in [-0.2, 0) is 13.0 Å². The number of hydrogen-bond donors (Lipinski definition) is 2. The Hall–Kier alpha value is -3.10. The van der Waals surface area contributed by atoms with E-state index in [1.54, 1.807) is 6.07 Å². The molecule has 2 N–H and O–H groups in total. The van der Waals surface area contributed by atoms with Crippen molar-refractivity contribution in [3.8, 4) is 5.75 Å². The number of halogens is 3. The van der Waals surface area contributed by atoms with Gasteiger partial charge in [0.1, 0.15) is 11.3 Å². The molecule has 6 nitrogen and oxygen atoms in total. The number of ketones is 1. The number of pyridine rings is 1. The fraction of sp³-hybridized carbons (Fsp3) is 0.381. The van der Waals surface area contributed by atoms with Gasteiger partial charge in [0.2, 0.25) is 0 Å². The van der Waals surface area contributed by atoms with Crippen LogP contribution in [0.2, 0.25) is 0 Å². The number of H-pyrrole nitrogens is 1. The zero-order chi connectivity index (χ0) is 22.1. The van der Waals surface area contributed by atoms with Gasteiger partial charge >= 0.3 is 6.18 Å². The van der Waals surface area contributed by atoms with Gasteiger partial charge in [-0.1, -0.05) is 26.0 Å². The fourth-order valence-electron chi connectivity index (χ4n) is 3.38. The van der Waals surface area contributed by atoms with Crippen LogP contribution in [0.4, 0.5) is 13.2 Å². The van der Waals surface area contributed by atoms with Gasteiger partial charge in [-0.2, -0.15) is 13.2 Å². The van der Waals surface area contributed by atoms with E-state index in [0.717, 1.165) is 0 Å². The summed E-state index contributed by atoms with van der Waals surface area (Å²) in [5.41, 5.74) is 0.296. The molecule has 2 aromatic rings. The number of rotatable bonds is 5. The minimum atomic E-state index is -4.45. The summed E-state index contributed by atoms with van der Waals surface area (Å²) >= 11 is 0. The van der Waals surface area contributed by atoms with Crippen molar-refractivity contribution in [2.24, 2.45) is 5.41 Å². The van der Waals surface area contributed by atoms with E-state index in [0.29, 0.717) is 29.7 Å². The van der Waals surface area contributed by atoms with Crippen molar-refractivity contribution in [1.82, 2.24) is 10.3 Å². The number of hydrogen-bond acceptors (Lipinski definition) is 4. The molecule has 0 atom stereocenters. The molecule has 0 bridgehead atoms. The topological polar surface area (TPSA) is 88.3 Å². The molecule has 3 rings (SSSR count). The second-order valence-corrected chi connectivity index (χ2v) is 8.08. The van der Waals surface area contributed by atoms with Gasteiger partial charge in [0.15, 0.2) is 12.4 Å². The number of carbonyl (C=O) groups is 2. The minimum Gasteiger partial charge on any atom is -0.484 e. The molecule has 9 heteroatoms. The number of Topliss-reactive ketones (excluding diaryl/α,β-unsaturated/α-hetero) is 1. The molecule has 0 saturated carbocycles. The SMILES string of the molecule is CC1(C)CC(=O)c2cc(C(=O)NCc3cccc(OCC(F)(F)F)c3)c(=O)[nH]c2C1. The van der Waals surface area contributed by atoms with Gasteiger partial charge in [-0.15, -0.1) is 0 Å². The van der Waals surface area contributed by atoms with Crippen LogP contribution in [0.5, 0.6) is 5.75 Å². The predicted octanol–water partition coefficient (Wildman–Crippen LogP) is 3.40. The van der Waals surface area contributed by atoms with E-state index >= 15 is 0 Å². The largest absolute Gasteiger partial charge is 0.484 e. The number of alkyl halides is 3. The lowest BCUT2D eigenvalue weighted by Gasteiger charge is -2.29. The Morgan fingerprint density at radius 1 is 1.20 bits per heavy atom. The third kappa shape index (κ3) is 5.28. The third-order valence-electron chi connectivity index (χ3n) is 4.72. The average Bonchev–Trinajstić information content (AvgIpc) is 2.63. The lowest BCUT2D eigenvalue weighted by molar-refractivity contribution is -0.153. The monoisotopic (exact) mass is 422 g/mol. The van der Waals surface area contributed by atoms with Gasteiger partial charge in [-0.05, 0) is 35.6 Å². The molecule has 1 aliphatic carbocycles. The Balaban J connectivity index is 1.71. The first-order valence-electron chi connectivity index (χ1n) is 9.30. The number of nitrogens with one attached hydrogen (secondary N) is 2. The number of amides is 1. The molecule has 1 aromatic carbocycles. The molecule has 1 aromatic heterocycles. The Morgan fingerprint density at radius 2 is 1.93 bits per heavy atom. The predicted molar refractivity (Wildman–Crippen MR) is 103 cm³/mol. The fourth-order valence-corrected chi connectivity index (χ4v) is 3.38. The van der Waals surface area contributed by atoms with Crippen LogP contribution in [0.15, 0.2) is 35.1 Å². The maximum Gasteiger partial charge on any atom is 0.422 e. The molecular formula is C21H21F3N2O4. The van der Waals surface area contributed by atoms with Crippen LogP contribution in [0.3, 0.4) is 0 Å². The zero-order valence-corrected chi connectivity index (χ0v) is 16.5. The summed E-state index contributed by atoms with van der Waals surface area (Å²) in [7, 11) is 0. The summed E-state index contributed by atoms with van der Waals surface area (Å²) in [6.07, 6.45) is -3.61. The normalized spacial score (nSPS) is 15.4. The smallest absolute Gasteiger partial charge is 0.422 e. The highest BCUT2D eigenvalue weighted by molar-refractivity contribution is 6.02. The third-order valence-corrected chi connectivity index (χ3v) is 4.72. The molecule has 160 valence electrons. The Bertz CT molecular complexity index is 1040. The van der Waals surface area contributed by atoms with Gasteiger partial charge in [0, 0.05) is 24.2 Å². The Labute approximate surface area is 170 Å². The van der Waals surface area contributed by atoms with Crippen molar-refractivity contribution in [3.05, 3.63) is 63.1 Å². The summed E-state index contributed by atoms with van der Waals surface area (Å²) in [6, 6.07) is 7.15. The highest BCUT2D eigenvalue weighted by atomic mass is 19.4. The molecule has 0 fully saturated rings. The molecule has 1 heterocycles. The second kappa shape index (κ2) is 7.97. The summed E-state index contributed by atoms with van der Waals surface area (Å²) in [5, 5.41) is 2.55. The average molecular weight is 422 g/mol. The zero-order valence-electron chi connectivity index (χ0n) is 16.5. The summed E-state index contributed by atoms with van der Waals surface area (Å²) < 4.78 is 41.5. The summed E-state index contributed by atoms with van der Waals surface area (Å²) in [6.45, 7) is 2.41. The van der Waals surface area contributed by atoms with Crippen LogP contribution < -0.4 is 15.6 Å². The number of fused-ring (bicyclic) bond motifs is 1. The quantitative estimate of drug-likeness (QED) is 0.773. The molecule has 0 saturated heterocycles. The van der Waals surface area contributed by atoms with Crippen molar-refractivity contribution >= 4 is 11.7 Å². The second-order valence-electron chi connectivity index (χ2n) is 8.08. The minimum absolute atomic E-state index is 0.0129. The first kappa shape index (κ1) is 21.6. The number of benzene rings is 1. The van der Waals surface area contributed by atoms with E-state index in [2.05, 4.69) is 15.0 Å². The number of aromatic amines is 1. The molecule has 1 aliphatic rings. The van der Waals surface area contributed by atoms with Crippen molar-refractivity contribution < 1.29 is 27.5 Å². The van der Waals surface area contributed by atoms with Crippen molar-refractivity contribution in [2.45, 2.75) is 39.4 Å². The van der Waals surface area contributed by atoms with E-state index in [1.165, 1.54) is 24.3 Å². The summed E-state index contributed by atoms with van der Waals surface area (Å²) in [4.78, 5) is 39.8. The van der Waals surface area contributed by atoms with Gasteiger partial charge in [0.25, 0.3) is 11.5 Å². The van der Waals surface area contributed by atoms with Gasteiger partial charge < -0.3 is 15.0 Å². The highest BCUT2D eigenvalue weighted by Crippen LogP contribution is 2.33. The lowest BCUT2D eigenvalue weighted by atomic mass is 9.75. The molecule has 1 amide bonds. The van der Waals surface area contributed by atoms with Crippen LogP contribution in [0.1, 0.15) is 52.2 Å². The van der Waals surface area contributed by atoms with Crippen LogP contribution in [-0.4, -0.2) is 29.5 Å². The van der Waals surface area contributed by atoms with E-state index in [-0.39, 0.29) is 29.1 Å². The molecule has 0 unspecified atom stereocenters. The molecule has 0 aliphatic heterocycles. The number of carbonyl (C=O) groups excluding carboxylic acids is 2. The number of aromatic nitrogens is 1. The number of ether oxygens (including phenoxy) is 1. The van der Waals surface area contributed by atoms with Crippen LogP contribution in [0.25, 0.3) is 0 Å². The Kier molecular flexibility index (Phi) is 5.74. The molecule has 0 radical (unpaired) electrons. The standard InChI is InChI=1S/C21H21F3N2O4/c1-20(2)8-16-14(17(27)9-20)7-15(19(29)26-16)18(28)25-10-12-4-3-5-13(6-12)30-11-21(22,23)24/h3-7H,8-11H2,1-2H3,(H,25,28)(H,26,29). The van der Waals surface area contributed by atoms with Gasteiger partial charge in [-0.3, -0.25) is 14.4 Å². The lowest BCUT2D eigenvalue weighted by Crippen LogP contribution is -2.34. The molecule has 0 spiro atoms. The summed E-state index contributed by atoms with van der Waals surface area (Å²) in [5.74, 6) is -0.807. The molecular weight excluding hydrogens is 401 g/mol. The first-order chi connectivity index (χ1) is 13.9. The molecule has 30 heavy (non-hydrogen) atoms. The van der Waals surface area contributed by atoms with Gasteiger partial charge in [0.05, 0.1) is 0 Å². The Morgan fingerprint density at radius 3 is 2.63 bits per heavy atom. The van der Waals surface area contributed by atoms with E-state index < -0.39 is 24.2 Å².